The zero-order chi connectivity index (χ0) is 15.6. The fourth-order valence-corrected chi connectivity index (χ4v) is 3.04. The van der Waals surface area contributed by atoms with Crippen LogP contribution in [0.2, 0.25) is 0 Å². The Morgan fingerprint density at radius 2 is 1.60 bits per heavy atom. The molecule has 1 unspecified atom stereocenters. The number of benzene rings is 1. The number of hydrogen-bond donors (Lipinski definition) is 3. The van der Waals surface area contributed by atoms with Gasteiger partial charge < -0.3 is 15.5 Å². The van der Waals surface area contributed by atoms with Crippen LogP contribution in [0.5, 0.6) is 0 Å². The number of carboxylic acid groups (broad SMARTS) is 1. The van der Waals surface area contributed by atoms with E-state index < -0.39 is 22.5 Å². The topological polar surface area (TPSA) is 69.6 Å². The zero-order valence-corrected chi connectivity index (χ0v) is 12.9. The van der Waals surface area contributed by atoms with Gasteiger partial charge in [-0.05, 0) is 11.0 Å². The first-order chi connectivity index (χ1) is 9.08. The van der Waals surface area contributed by atoms with Gasteiger partial charge in [0.15, 0.2) is 0 Å². The minimum atomic E-state index is -1.13. The van der Waals surface area contributed by atoms with Crippen LogP contribution in [0, 0.1) is 5.41 Å². The molecule has 0 radical (unpaired) electrons. The molecule has 1 aromatic rings. The highest BCUT2D eigenvalue weighted by atomic mass is 16.4. The minimum absolute atomic E-state index is 0.273. The number of aliphatic hydroxyl groups excluding tert-OH is 1. The number of nitrogens with one attached hydrogen (secondary N) is 1. The fraction of sp³-hybridized carbons (Fsp3) is 0.562. The highest BCUT2D eigenvalue weighted by Gasteiger charge is 2.54. The van der Waals surface area contributed by atoms with Crippen molar-refractivity contribution >= 4 is 6.09 Å². The summed E-state index contributed by atoms with van der Waals surface area (Å²) in [4.78, 5) is 11.3. The molecule has 0 aliphatic rings. The van der Waals surface area contributed by atoms with Gasteiger partial charge in [-0.25, -0.2) is 4.79 Å². The second kappa shape index (κ2) is 5.44. The van der Waals surface area contributed by atoms with Crippen LogP contribution in [-0.4, -0.2) is 28.5 Å². The van der Waals surface area contributed by atoms with Crippen molar-refractivity contribution in [3.05, 3.63) is 35.9 Å². The zero-order valence-electron chi connectivity index (χ0n) is 12.9. The first kappa shape index (κ1) is 16.5. The van der Waals surface area contributed by atoms with E-state index in [1.54, 1.807) is 0 Å². The van der Waals surface area contributed by atoms with Crippen molar-refractivity contribution in [1.82, 2.24) is 5.32 Å². The lowest BCUT2D eigenvalue weighted by Crippen LogP contribution is -2.69. The highest BCUT2D eigenvalue weighted by molar-refractivity contribution is 5.66. The predicted molar refractivity (Wildman–Crippen MR) is 79.9 cm³/mol. The summed E-state index contributed by atoms with van der Waals surface area (Å²) in [7, 11) is 0. The van der Waals surface area contributed by atoms with Crippen molar-refractivity contribution in [2.45, 2.75) is 45.6 Å². The lowest BCUT2D eigenvalue weighted by Gasteiger charge is -2.53. The third-order valence-electron chi connectivity index (χ3n) is 4.40. The van der Waals surface area contributed by atoms with Crippen LogP contribution in [0.25, 0.3) is 0 Å². The van der Waals surface area contributed by atoms with E-state index in [0.29, 0.717) is 0 Å². The van der Waals surface area contributed by atoms with Gasteiger partial charge in [0.1, 0.15) is 0 Å². The lowest BCUT2D eigenvalue weighted by molar-refractivity contribution is 0.00567. The molecule has 20 heavy (non-hydrogen) atoms. The quantitative estimate of drug-likeness (QED) is 0.793. The molecule has 1 aromatic carbocycles. The van der Waals surface area contributed by atoms with Gasteiger partial charge in [-0.2, -0.15) is 0 Å². The van der Waals surface area contributed by atoms with Crippen molar-refractivity contribution in [3.63, 3.8) is 0 Å². The largest absolute Gasteiger partial charge is 0.465 e. The number of carbonyl (C=O) groups is 1. The number of rotatable bonds is 4. The van der Waals surface area contributed by atoms with Gasteiger partial charge in [-0.15, -0.1) is 0 Å². The molecule has 0 saturated heterocycles. The van der Waals surface area contributed by atoms with Gasteiger partial charge >= 0.3 is 6.09 Å². The summed E-state index contributed by atoms with van der Waals surface area (Å²) < 4.78 is 0. The first-order valence-corrected chi connectivity index (χ1v) is 6.76. The summed E-state index contributed by atoms with van der Waals surface area (Å²) in [5.41, 5.74) is -1.04. The van der Waals surface area contributed by atoms with Crippen LogP contribution in [0.1, 0.15) is 40.2 Å². The molecule has 1 amide bonds. The number of aliphatic hydroxyl groups is 1. The molecule has 112 valence electrons. The molecular formula is C16H25NO3. The second-order valence-corrected chi connectivity index (χ2v) is 6.73. The maximum absolute atomic E-state index is 11.3. The Hall–Kier alpha value is -1.55. The molecule has 0 bridgehead atoms. The molecular weight excluding hydrogens is 254 g/mol. The van der Waals surface area contributed by atoms with Crippen LogP contribution >= 0.6 is 0 Å². The van der Waals surface area contributed by atoms with Gasteiger partial charge in [0.25, 0.3) is 0 Å². The van der Waals surface area contributed by atoms with Gasteiger partial charge in [0, 0.05) is 5.41 Å². The molecule has 0 heterocycles. The Morgan fingerprint density at radius 1 is 1.10 bits per heavy atom. The minimum Gasteiger partial charge on any atom is -0.465 e. The van der Waals surface area contributed by atoms with Crippen molar-refractivity contribution < 1.29 is 15.0 Å². The Kier molecular flexibility index (Phi) is 4.49. The van der Waals surface area contributed by atoms with E-state index in [0.717, 1.165) is 5.56 Å². The molecule has 4 heteroatoms. The third-order valence-corrected chi connectivity index (χ3v) is 4.40. The average Bonchev–Trinajstić information content (AvgIpc) is 2.35. The van der Waals surface area contributed by atoms with Crippen LogP contribution in [0.3, 0.4) is 0 Å². The Labute approximate surface area is 120 Å². The summed E-state index contributed by atoms with van der Waals surface area (Å²) in [5.74, 6) is 0. The van der Waals surface area contributed by atoms with E-state index in [-0.39, 0.29) is 6.61 Å². The van der Waals surface area contributed by atoms with Crippen molar-refractivity contribution in [3.8, 4) is 0 Å². The van der Waals surface area contributed by atoms with E-state index in [1.807, 2.05) is 65.0 Å². The smallest absolute Gasteiger partial charge is 0.405 e. The molecule has 0 aliphatic heterocycles. The van der Waals surface area contributed by atoms with Crippen LogP contribution < -0.4 is 5.32 Å². The molecule has 4 nitrogen and oxygen atoms in total. The monoisotopic (exact) mass is 279 g/mol. The summed E-state index contributed by atoms with van der Waals surface area (Å²) in [6.07, 6.45) is -1.13. The van der Waals surface area contributed by atoms with Crippen molar-refractivity contribution in [1.29, 1.82) is 0 Å². The maximum Gasteiger partial charge on any atom is 0.405 e. The maximum atomic E-state index is 11.3. The van der Waals surface area contributed by atoms with Crippen LogP contribution in [0.4, 0.5) is 4.79 Å². The van der Waals surface area contributed by atoms with E-state index in [9.17, 15) is 15.0 Å². The van der Waals surface area contributed by atoms with Gasteiger partial charge in [0.05, 0.1) is 12.1 Å². The molecule has 0 aliphatic carbocycles. The molecule has 0 saturated carbocycles. The Balaban J connectivity index is 3.47. The predicted octanol–water partition coefficient (Wildman–Crippen LogP) is 3.01. The molecule has 0 spiro atoms. The van der Waals surface area contributed by atoms with Crippen molar-refractivity contribution in [2.24, 2.45) is 5.41 Å². The third kappa shape index (κ3) is 2.66. The number of amides is 1. The van der Waals surface area contributed by atoms with Crippen molar-refractivity contribution in [2.75, 3.05) is 6.61 Å². The van der Waals surface area contributed by atoms with Crippen LogP contribution in [-0.2, 0) is 5.41 Å². The number of hydrogen-bond acceptors (Lipinski definition) is 2. The average molecular weight is 279 g/mol. The molecule has 0 fully saturated rings. The SMILES string of the molecule is CC(C)(C)C(CO)(NC(=O)O)C(C)(C)c1ccccc1. The standard InChI is InChI=1S/C16H25NO3/c1-14(2,3)16(11-18,17-13(19)20)15(4,5)12-9-7-6-8-10-12/h6-10,17-18H,11H2,1-5H3,(H,19,20). The molecule has 0 aromatic heterocycles. The highest BCUT2D eigenvalue weighted by Crippen LogP contribution is 2.45. The van der Waals surface area contributed by atoms with Gasteiger partial charge in [0.2, 0.25) is 0 Å². The van der Waals surface area contributed by atoms with E-state index in [4.69, 9.17) is 0 Å². The first-order valence-electron chi connectivity index (χ1n) is 6.76. The van der Waals surface area contributed by atoms with E-state index >= 15 is 0 Å². The van der Waals surface area contributed by atoms with Gasteiger partial charge in [-0.3, -0.25) is 0 Å². The summed E-state index contributed by atoms with van der Waals surface area (Å²) >= 11 is 0. The molecule has 1 atom stereocenters. The summed E-state index contributed by atoms with van der Waals surface area (Å²) in [5, 5.41) is 21.9. The van der Waals surface area contributed by atoms with E-state index in [1.165, 1.54) is 0 Å². The normalized spacial score (nSPS) is 15.5. The van der Waals surface area contributed by atoms with Crippen LogP contribution in [0.15, 0.2) is 30.3 Å². The summed E-state index contributed by atoms with van der Waals surface area (Å²) in [6, 6.07) is 9.67. The van der Waals surface area contributed by atoms with E-state index in [2.05, 4.69) is 5.32 Å². The Morgan fingerprint density at radius 3 is 1.95 bits per heavy atom. The molecule has 1 rings (SSSR count). The second-order valence-electron chi connectivity index (χ2n) is 6.73. The molecule has 3 N–H and O–H groups in total. The van der Waals surface area contributed by atoms with Gasteiger partial charge in [-0.1, -0.05) is 65.0 Å². The fourth-order valence-electron chi connectivity index (χ4n) is 3.04. The Bertz CT molecular complexity index is 462. The lowest BCUT2D eigenvalue weighted by atomic mass is 9.57. The summed E-state index contributed by atoms with van der Waals surface area (Å²) in [6.45, 7) is 9.45.